The molecule has 1 N–H and O–H groups in total. The van der Waals surface area contributed by atoms with Crippen LogP contribution in [-0.4, -0.2) is 24.7 Å². The number of esters is 1. The maximum Gasteiger partial charge on any atom is 0.320 e. The number of hydrogen-bond acceptors (Lipinski definition) is 3. The van der Waals surface area contributed by atoms with Gasteiger partial charge in [0.05, 0.1) is 12.6 Å². The first kappa shape index (κ1) is 12.5. The molecule has 0 atom stereocenters. The summed E-state index contributed by atoms with van der Waals surface area (Å²) in [5, 5.41) is 3.27. The lowest BCUT2D eigenvalue weighted by atomic mass is 9.87. The van der Waals surface area contributed by atoms with Crippen molar-refractivity contribution in [2.75, 3.05) is 6.54 Å². The molecule has 0 amide bonds. The molecule has 3 heteroatoms. The Balaban J connectivity index is 2.12. The van der Waals surface area contributed by atoms with Crippen LogP contribution in [0.3, 0.4) is 0 Å². The van der Waals surface area contributed by atoms with Crippen LogP contribution in [0.25, 0.3) is 0 Å². The summed E-state index contributed by atoms with van der Waals surface area (Å²) < 4.78 is 5.06. The molecule has 1 rings (SSSR count). The predicted molar refractivity (Wildman–Crippen MR) is 60.7 cm³/mol. The van der Waals surface area contributed by atoms with Gasteiger partial charge in [-0.05, 0) is 45.4 Å². The monoisotopic (exact) mass is 213 g/mol. The maximum absolute atomic E-state index is 11.3. The first-order valence-corrected chi connectivity index (χ1v) is 6.00. The third kappa shape index (κ3) is 5.17. The molecule has 15 heavy (non-hydrogen) atoms. The minimum atomic E-state index is -0.136. The highest BCUT2D eigenvalue weighted by molar-refractivity contribution is 5.71. The Labute approximate surface area is 92.6 Å². The number of nitrogens with one attached hydrogen (secondary N) is 1. The summed E-state index contributed by atoms with van der Waals surface area (Å²) in [5.74, 6) is 0.717. The second kappa shape index (κ2) is 6.11. The normalized spacial score (nSPS) is 26.7. The first-order chi connectivity index (χ1) is 7.08. The van der Waals surface area contributed by atoms with Crippen LogP contribution in [0.5, 0.6) is 0 Å². The number of hydrogen-bond donors (Lipinski definition) is 1. The van der Waals surface area contributed by atoms with Crippen molar-refractivity contribution in [2.24, 2.45) is 5.92 Å². The molecular formula is C12H23NO2. The van der Waals surface area contributed by atoms with Crippen LogP contribution >= 0.6 is 0 Å². The molecule has 88 valence electrons. The van der Waals surface area contributed by atoms with Gasteiger partial charge < -0.3 is 10.1 Å². The maximum atomic E-state index is 11.3. The lowest BCUT2D eigenvalue weighted by Gasteiger charge is -2.26. The van der Waals surface area contributed by atoms with Crippen LogP contribution in [0.2, 0.25) is 0 Å². The second-order valence-electron chi connectivity index (χ2n) is 4.88. The van der Waals surface area contributed by atoms with Crippen LogP contribution in [0.4, 0.5) is 0 Å². The Morgan fingerprint density at radius 3 is 2.47 bits per heavy atom. The smallest absolute Gasteiger partial charge is 0.320 e. The van der Waals surface area contributed by atoms with Crippen LogP contribution in [0, 0.1) is 5.92 Å². The molecule has 0 aromatic rings. The van der Waals surface area contributed by atoms with Gasteiger partial charge >= 0.3 is 5.97 Å². The van der Waals surface area contributed by atoms with E-state index in [0.29, 0.717) is 12.6 Å². The van der Waals surface area contributed by atoms with E-state index in [9.17, 15) is 4.79 Å². The predicted octanol–water partition coefficient (Wildman–Crippen LogP) is 2.11. The molecule has 0 bridgehead atoms. The van der Waals surface area contributed by atoms with Crippen molar-refractivity contribution in [3.8, 4) is 0 Å². The average Bonchev–Trinajstić information content (AvgIpc) is 2.16. The second-order valence-corrected chi connectivity index (χ2v) is 4.88. The van der Waals surface area contributed by atoms with E-state index in [1.807, 2.05) is 13.8 Å². The van der Waals surface area contributed by atoms with E-state index >= 15 is 0 Å². The van der Waals surface area contributed by atoms with Gasteiger partial charge in [-0.1, -0.05) is 6.92 Å². The molecule has 0 spiro atoms. The van der Waals surface area contributed by atoms with E-state index in [1.165, 1.54) is 25.7 Å². The lowest BCUT2D eigenvalue weighted by Crippen LogP contribution is -2.37. The highest BCUT2D eigenvalue weighted by atomic mass is 16.5. The van der Waals surface area contributed by atoms with Crippen molar-refractivity contribution < 1.29 is 9.53 Å². The fraction of sp³-hybridized carbons (Fsp3) is 0.917. The highest BCUT2D eigenvalue weighted by Crippen LogP contribution is 2.23. The van der Waals surface area contributed by atoms with Gasteiger partial charge in [0.2, 0.25) is 0 Å². The molecule has 1 fully saturated rings. The topological polar surface area (TPSA) is 38.3 Å². The van der Waals surface area contributed by atoms with Crippen LogP contribution in [0.1, 0.15) is 46.5 Å². The van der Waals surface area contributed by atoms with Crippen LogP contribution < -0.4 is 5.32 Å². The lowest BCUT2D eigenvalue weighted by molar-refractivity contribution is -0.146. The first-order valence-electron chi connectivity index (χ1n) is 6.00. The van der Waals surface area contributed by atoms with Crippen LogP contribution in [0.15, 0.2) is 0 Å². The van der Waals surface area contributed by atoms with Crippen molar-refractivity contribution in [2.45, 2.75) is 58.6 Å². The average molecular weight is 213 g/mol. The van der Waals surface area contributed by atoms with Crippen molar-refractivity contribution in [1.82, 2.24) is 5.32 Å². The van der Waals surface area contributed by atoms with E-state index in [1.54, 1.807) is 0 Å². The van der Waals surface area contributed by atoms with Gasteiger partial charge in [0.25, 0.3) is 0 Å². The molecule has 0 heterocycles. The largest absolute Gasteiger partial charge is 0.462 e. The molecule has 0 saturated heterocycles. The van der Waals surface area contributed by atoms with Gasteiger partial charge in [0.1, 0.15) is 0 Å². The molecule has 1 saturated carbocycles. The summed E-state index contributed by atoms with van der Waals surface area (Å²) in [5.41, 5.74) is 0. The third-order valence-corrected chi connectivity index (χ3v) is 2.92. The molecule has 0 radical (unpaired) electrons. The van der Waals surface area contributed by atoms with Crippen LogP contribution in [-0.2, 0) is 9.53 Å². The Morgan fingerprint density at radius 1 is 1.33 bits per heavy atom. The van der Waals surface area contributed by atoms with E-state index in [4.69, 9.17) is 4.74 Å². The third-order valence-electron chi connectivity index (χ3n) is 2.92. The van der Waals surface area contributed by atoms with Gasteiger partial charge in [-0.3, -0.25) is 4.79 Å². The number of ether oxygens (including phenoxy) is 1. The summed E-state index contributed by atoms with van der Waals surface area (Å²) >= 11 is 0. The fourth-order valence-electron chi connectivity index (χ4n) is 2.00. The Morgan fingerprint density at radius 2 is 1.93 bits per heavy atom. The van der Waals surface area contributed by atoms with E-state index in [-0.39, 0.29) is 12.1 Å². The van der Waals surface area contributed by atoms with Crippen molar-refractivity contribution >= 4 is 5.97 Å². The van der Waals surface area contributed by atoms with Gasteiger partial charge in [0.15, 0.2) is 0 Å². The van der Waals surface area contributed by atoms with E-state index in [2.05, 4.69) is 12.2 Å². The summed E-state index contributed by atoms with van der Waals surface area (Å²) in [6.07, 6.45) is 4.92. The van der Waals surface area contributed by atoms with Gasteiger partial charge in [-0.15, -0.1) is 0 Å². The summed E-state index contributed by atoms with van der Waals surface area (Å²) in [7, 11) is 0. The van der Waals surface area contributed by atoms with E-state index < -0.39 is 0 Å². The molecular weight excluding hydrogens is 190 g/mol. The van der Waals surface area contributed by atoms with Crippen molar-refractivity contribution in [3.63, 3.8) is 0 Å². The zero-order chi connectivity index (χ0) is 11.3. The highest BCUT2D eigenvalue weighted by Gasteiger charge is 2.18. The zero-order valence-electron chi connectivity index (χ0n) is 10.1. The Bertz CT molecular complexity index is 196. The van der Waals surface area contributed by atoms with Crippen molar-refractivity contribution in [3.05, 3.63) is 0 Å². The molecule has 0 aromatic carbocycles. The van der Waals surface area contributed by atoms with Gasteiger partial charge in [-0.25, -0.2) is 0 Å². The molecule has 0 aromatic heterocycles. The summed E-state index contributed by atoms with van der Waals surface area (Å²) in [4.78, 5) is 11.3. The number of rotatable bonds is 4. The van der Waals surface area contributed by atoms with Crippen molar-refractivity contribution in [1.29, 1.82) is 0 Å². The molecule has 0 unspecified atom stereocenters. The Hall–Kier alpha value is -0.570. The SMILES string of the molecule is CC1CCC(NCC(=O)OC(C)C)CC1. The molecule has 3 nitrogen and oxygen atoms in total. The fourth-order valence-corrected chi connectivity index (χ4v) is 2.00. The molecule has 0 aliphatic heterocycles. The standard InChI is InChI=1S/C12H23NO2/c1-9(2)15-12(14)8-13-11-6-4-10(3)5-7-11/h9-11,13H,4-8H2,1-3H3. The number of carbonyl (C=O) groups is 1. The minimum Gasteiger partial charge on any atom is -0.462 e. The van der Waals surface area contributed by atoms with Gasteiger partial charge in [-0.2, -0.15) is 0 Å². The van der Waals surface area contributed by atoms with Gasteiger partial charge in [0, 0.05) is 6.04 Å². The zero-order valence-corrected chi connectivity index (χ0v) is 10.1. The quantitative estimate of drug-likeness (QED) is 0.727. The minimum absolute atomic E-state index is 0.00863. The Kier molecular flexibility index (Phi) is 5.09. The summed E-state index contributed by atoms with van der Waals surface area (Å²) in [6, 6.07) is 0.515. The molecule has 1 aliphatic carbocycles. The number of carbonyl (C=O) groups excluding carboxylic acids is 1. The summed E-state index contributed by atoms with van der Waals surface area (Å²) in [6.45, 7) is 6.40. The van der Waals surface area contributed by atoms with E-state index in [0.717, 1.165) is 5.92 Å². The molecule has 1 aliphatic rings.